The van der Waals surface area contributed by atoms with E-state index in [9.17, 15) is 19.8 Å². The first kappa shape index (κ1) is 26.8. The standard InChI is InChI=1S/C27H27ClN6O4S/c1-15(16-3-6-19(7-4-16)34-11-2-10-30-34)31-25(37)23(35)24(36)26(38)33-12-9-17-13-18(28)5-8-20(17)22(33)21-14-39-27(29)32-21/h2-8,10-11,13-15,22-24,35-36H,9,12H2,1H3,(H2,29,32)(H,31,37)/t15-,22-,23-,24-/m1/s1. The van der Waals surface area contributed by atoms with E-state index in [1.807, 2.05) is 48.7 Å². The third-order valence-corrected chi connectivity index (χ3v) is 7.71. The predicted octanol–water partition coefficient (Wildman–Crippen LogP) is 2.64. The van der Waals surface area contributed by atoms with Gasteiger partial charge in [-0.25, -0.2) is 9.67 Å². The topological polar surface area (TPSA) is 147 Å². The first-order chi connectivity index (χ1) is 18.7. The Morgan fingerprint density at radius 3 is 2.62 bits per heavy atom. The van der Waals surface area contributed by atoms with Crippen molar-refractivity contribution in [3.05, 3.63) is 93.7 Å². The number of fused-ring (bicyclic) bond motifs is 1. The van der Waals surface area contributed by atoms with Crippen LogP contribution in [-0.4, -0.2) is 60.4 Å². The maximum atomic E-state index is 13.5. The van der Waals surface area contributed by atoms with Crippen molar-refractivity contribution in [1.29, 1.82) is 0 Å². The zero-order valence-corrected chi connectivity index (χ0v) is 22.5. The summed E-state index contributed by atoms with van der Waals surface area (Å²) >= 11 is 7.42. The number of anilines is 1. The van der Waals surface area contributed by atoms with Gasteiger partial charge in [0.2, 0.25) is 0 Å². The summed E-state index contributed by atoms with van der Waals surface area (Å²) in [6, 6.07) is 13.4. The van der Waals surface area contributed by atoms with Crippen LogP contribution in [0, 0.1) is 0 Å². The molecule has 5 N–H and O–H groups in total. The highest BCUT2D eigenvalue weighted by Gasteiger charge is 2.40. The summed E-state index contributed by atoms with van der Waals surface area (Å²) in [6.07, 6.45) is 0.0253. The van der Waals surface area contributed by atoms with Crippen LogP contribution in [0.5, 0.6) is 0 Å². The number of amides is 2. The van der Waals surface area contributed by atoms with Crippen molar-refractivity contribution in [3.8, 4) is 5.69 Å². The number of nitrogens with one attached hydrogen (secondary N) is 1. The normalized spacial score (nSPS) is 17.2. The Labute approximate surface area is 233 Å². The molecule has 12 heteroatoms. The van der Waals surface area contributed by atoms with Gasteiger partial charge in [-0.3, -0.25) is 9.59 Å². The number of aromatic nitrogens is 3. The summed E-state index contributed by atoms with van der Waals surface area (Å²) in [6.45, 7) is 1.98. The maximum Gasteiger partial charge on any atom is 0.255 e. The molecule has 0 spiro atoms. The molecule has 0 saturated heterocycles. The second kappa shape index (κ2) is 11.1. The number of carbonyl (C=O) groups is 2. The molecule has 0 saturated carbocycles. The summed E-state index contributed by atoms with van der Waals surface area (Å²) < 4.78 is 1.71. The number of halogens is 1. The number of carbonyl (C=O) groups excluding carboxylic acids is 2. The Hall–Kier alpha value is -3.77. The van der Waals surface area contributed by atoms with Gasteiger partial charge in [-0.05, 0) is 60.4 Å². The number of benzene rings is 2. The van der Waals surface area contributed by atoms with E-state index >= 15 is 0 Å². The van der Waals surface area contributed by atoms with Gasteiger partial charge in [0.25, 0.3) is 11.8 Å². The number of hydrogen-bond acceptors (Lipinski definition) is 8. The molecule has 0 radical (unpaired) electrons. The van der Waals surface area contributed by atoms with Crippen LogP contribution in [0.1, 0.15) is 41.4 Å². The molecule has 4 aromatic rings. The second-order valence-electron chi connectivity index (χ2n) is 9.30. The summed E-state index contributed by atoms with van der Waals surface area (Å²) in [5.41, 5.74) is 9.77. The van der Waals surface area contributed by atoms with Crippen LogP contribution in [-0.2, 0) is 16.0 Å². The fourth-order valence-electron chi connectivity index (χ4n) is 4.75. The molecule has 0 unspecified atom stereocenters. The van der Waals surface area contributed by atoms with Crippen LogP contribution >= 0.6 is 22.9 Å². The summed E-state index contributed by atoms with van der Waals surface area (Å²) in [5, 5.41) is 31.0. The van der Waals surface area contributed by atoms with Gasteiger partial charge in [0.1, 0.15) is 6.04 Å². The van der Waals surface area contributed by atoms with Crippen LogP contribution in [0.15, 0.2) is 66.3 Å². The number of nitrogens with two attached hydrogens (primary N) is 1. The molecule has 4 atom stereocenters. The highest BCUT2D eigenvalue weighted by molar-refractivity contribution is 7.13. The quantitative estimate of drug-likeness (QED) is 0.269. The minimum atomic E-state index is -1.98. The van der Waals surface area contributed by atoms with Crippen molar-refractivity contribution in [1.82, 2.24) is 25.0 Å². The van der Waals surface area contributed by atoms with E-state index in [4.69, 9.17) is 17.3 Å². The zero-order chi connectivity index (χ0) is 27.7. The minimum absolute atomic E-state index is 0.235. The first-order valence-corrected chi connectivity index (χ1v) is 13.5. The Morgan fingerprint density at radius 2 is 1.95 bits per heavy atom. The van der Waals surface area contributed by atoms with E-state index in [-0.39, 0.29) is 6.54 Å². The van der Waals surface area contributed by atoms with Crippen LogP contribution < -0.4 is 11.1 Å². The Kier molecular flexibility index (Phi) is 7.67. The predicted molar refractivity (Wildman–Crippen MR) is 147 cm³/mol. The molecule has 2 amide bonds. The molecular weight excluding hydrogens is 540 g/mol. The van der Waals surface area contributed by atoms with E-state index in [0.717, 1.165) is 22.4 Å². The van der Waals surface area contributed by atoms with Crippen molar-refractivity contribution < 1.29 is 19.8 Å². The van der Waals surface area contributed by atoms with Gasteiger partial charge >= 0.3 is 0 Å². The van der Waals surface area contributed by atoms with Gasteiger partial charge in [-0.2, -0.15) is 5.10 Å². The lowest BCUT2D eigenvalue weighted by atomic mass is 9.90. The molecule has 2 aromatic carbocycles. The lowest BCUT2D eigenvalue weighted by molar-refractivity contribution is -0.155. The molecule has 0 bridgehead atoms. The van der Waals surface area contributed by atoms with Crippen LogP contribution in [0.4, 0.5) is 5.13 Å². The number of aliphatic hydroxyl groups excluding tert-OH is 2. The van der Waals surface area contributed by atoms with Crippen molar-refractivity contribution in [2.45, 2.75) is 37.6 Å². The van der Waals surface area contributed by atoms with Crippen LogP contribution in [0.25, 0.3) is 5.69 Å². The van der Waals surface area contributed by atoms with Gasteiger partial charge in [-0.15, -0.1) is 11.3 Å². The second-order valence-corrected chi connectivity index (χ2v) is 10.6. The summed E-state index contributed by atoms with van der Waals surface area (Å²) in [5.74, 6) is -1.65. The van der Waals surface area contributed by atoms with E-state index in [2.05, 4.69) is 15.4 Å². The van der Waals surface area contributed by atoms with Crippen molar-refractivity contribution in [3.63, 3.8) is 0 Å². The largest absolute Gasteiger partial charge is 0.380 e. The fraction of sp³-hybridized carbons (Fsp3) is 0.259. The number of hydrogen-bond donors (Lipinski definition) is 4. The van der Waals surface area contributed by atoms with Crippen molar-refractivity contribution in [2.75, 3.05) is 12.3 Å². The molecular formula is C27H27ClN6O4S. The van der Waals surface area contributed by atoms with Gasteiger partial charge in [0.15, 0.2) is 17.3 Å². The number of rotatable bonds is 7. The highest BCUT2D eigenvalue weighted by atomic mass is 35.5. The Bertz CT molecular complexity index is 1480. The molecule has 3 heterocycles. The smallest absolute Gasteiger partial charge is 0.255 e. The molecule has 5 rings (SSSR count). The van der Waals surface area contributed by atoms with E-state index in [1.54, 1.807) is 29.2 Å². The highest BCUT2D eigenvalue weighted by Crippen LogP contribution is 2.37. The number of nitrogens with zero attached hydrogens (tertiary/aromatic N) is 4. The van der Waals surface area contributed by atoms with Gasteiger partial charge < -0.3 is 26.2 Å². The molecule has 202 valence electrons. The van der Waals surface area contributed by atoms with E-state index in [1.165, 1.54) is 16.2 Å². The molecule has 0 fully saturated rings. The van der Waals surface area contributed by atoms with Crippen LogP contribution in [0.2, 0.25) is 5.02 Å². The number of nitrogen functional groups attached to an aromatic ring is 1. The third kappa shape index (κ3) is 5.52. The number of thiazole rings is 1. The average Bonchev–Trinajstić information content (AvgIpc) is 3.63. The molecule has 39 heavy (non-hydrogen) atoms. The summed E-state index contributed by atoms with van der Waals surface area (Å²) in [7, 11) is 0. The Morgan fingerprint density at radius 1 is 1.18 bits per heavy atom. The first-order valence-electron chi connectivity index (χ1n) is 12.3. The van der Waals surface area contributed by atoms with E-state index in [0.29, 0.717) is 22.3 Å². The molecule has 0 aliphatic carbocycles. The zero-order valence-electron chi connectivity index (χ0n) is 20.9. The van der Waals surface area contributed by atoms with Crippen molar-refractivity contribution >= 4 is 39.9 Å². The third-order valence-electron chi connectivity index (χ3n) is 6.78. The fourth-order valence-corrected chi connectivity index (χ4v) is 5.52. The maximum absolute atomic E-state index is 13.5. The number of aliphatic hydroxyl groups is 2. The SMILES string of the molecule is C[C@@H](NC(=O)[C@H](O)[C@@H](O)C(=O)N1CCc2cc(Cl)ccc2[C@@H]1c1csc(N)n1)c1ccc(-n2cccn2)cc1. The van der Waals surface area contributed by atoms with E-state index < -0.39 is 36.1 Å². The lowest BCUT2D eigenvalue weighted by Crippen LogP contribution is -2.53. The van der Waals surface area contributed by atoms with Crippen molar-refractivity contribution in [2.24, 2.45) is 0 Å². The Balaban J connectivity index is 1.30. The molecule has 10 nitrogen and oxygen atoms in total. The monoisotopic (exact) mass is 566 g/mol. The minimum Gasteiger partial charge on any atom is -0.380 e. The van der Waals surface area contributed by atoms with Gasteiger partial charge in [-0.1, -0.05) is 29.8 Å². The van der Waals surface area contributed by atoms with Crippen LogP contribution in [0.3, 0.4) is 0 Å². The van der Waals surface area contributed by atoms with Gasteiger partial charge in [0, 0.05) is 29.3 Å². The molecule has 1 aliphatic heterocycles. The lowest BCUT2D eigenvalue weighted by Gasteiger charge is -2.38. The summed E-state index contributed by atoms with van der Waals surface area (Å²) in [4.78, 5) is 32.1. The van der Waals surface area contributed by atoms with Gasteiger partial charge in [0.05, 0.1) is 17.4 Å². The average molecular weight is 567 g/mol. The molecule has 2 aromatic heterocycles. The molecule has 1 aliphatic rings.